The number of halogens is 3. The lowest BCUT2D eigenvalue weighted by atomic mass is 10.0. The van der Waals surface area contributed by atoms with Crippen LogP contribution >= 0.6 is 11.6 Å². The standard InChI is InChI=1S/C13H11ClF2N2O/c1-7-9(13(14)18(2)17-7)6-11(19)8-4-3-5-10(15)12(8)16/h3-5H,6H2,1-2H3. The number of rotatable bonds is 3. The second kappa shape index (κ2) is 5.09. The molecule has 0 aliphatic carbocycles. The van der Waals surface area contributed by atoms with E-state index in [1.165, 1.54) is 16.8 Å². The van der Waals surface area contributed by atoms with E-state index >= 15 is 0 Å². The second-order valence-corrected chi connectivity index (χ2v) is 4.54. The first kappa shape index (κ1) is 13.7. The molecule has 0 spiro atoms. The number of hydrogen-bond donors (Lipinski definition) is 0. The Balaban J connectivity index is 2.34. The fourth-order valence-electron chi connectivity index (χ4n) is 1.85. The molecule has 0 amide bonds. The van der Waals surface area contributed by atoms with E-state index < -0.39 is 17.4 Å². The Bertz CT molecular complexity index is 652. The van der Waals surface area contributed by atoms with Crippen LogP contribution in [0.2, 0.25) is 5.15 Å². The molecule has 0 atom stereocenters. The van der Waals surface area contributed by atoms with Gasteiger partial charge in [0.2, 0.25) is 0 Å². The van der Waals surface area contributed by atoms with Gasteiger partial charge in [-0.15, -0.1) is 0 Å². The Labute approximate surface area is 113 Å². The lowest BCUT2D eigenvalue weighted by Crippen LogP contribution is -2.08. The summed E-state index contributed by atoms with van der Waals surface area (Å²) in [5.74, 6) is -2.71. The van der Waals surface area contributed by atoms with Gasteiger partial charge in [-0.05, 0) is 19.1 Å². The summed E-state index contributed by atoms with van der Waals surface area (Å²) in [5.41, 5.74) is 0.842. The van der Waals surface area contributed by atoms with Gasteiger partial charge in [0, 0.05) is 19.0 Å². The fourth-order valence-corrected chi connectivity index (χ4v) is 2.09. The summed E-state index contributed by atoms with van der Waals surface area (Å²) in [6.07, 6.45) is -0.112. The second-order valence-electron chi connectivity index (χ2n) is 4.18. The van der Waals surface area contributed by atoms with Crippen molar-refractivity contribution >= 4 is 17.4 Å². The first-order valence-corrected chi connectivity index (χ1v) is 5.94. The fraction of sp³-hybridized carbons (Fsp3) is 0.231. The van der Waals surface area contributed by atoms with E-state index in [-0.39, 0.29) is 12.0 Å². The number of benzene rings is 1. The Kier molecular flexibility index (Phi) is 3.66. The molecular formula is C13H11ClF2N2O. The molecule has 0 bridgehead atoms. The molecule has 0 fully saturated rings. The van der Waals surface area contributed by atoms with Gasteiger partial charge in [0.1, 0.15) is 5.15 Å². The number of nitrogens with zero attached hydrogens (tertiary/aromatic N) is 2. The summed E-state index contributed by atoms with van der Waals surface area (Å²) in [6, 6.07) is 3.51. The van der Waals surface area contributed by atoms with Gasteiger partial charge < -0.3 is 0 Å². The van der Waals surface area contributed by atoms with Crippen molar-refractivity contribution in [3.05, 3.63) is 51.8 Å². The lowest BCUT2D eigenvalue weighted by Gasteiger charge is -2.03. The van der Waals surface area contributed by atoms with Gasteiger partial charge in [-0.1, -0.05) is 17.7 Å². The molecule has 6 heteroatoms. The molecule has 1 heterocycles. The van der Waals surface area contributed by atoms with Crippen LogP contribution in [0.4, 0.5) is 8.78 Å². The van der Waals surface area contributed by atoms with Gasteiger partial charge in [0.05, 0.1) is 11.3 Å². The highest BCUT2D eigenvalue weighted by Gasteiger charge is 2.19. The normalized spacial score (nSPS) is 10.8. The van der Waals surface area contributed by atoms with Crippen LogP contribution in [0.15, 0.2) is 18.2 Å². The third-order valence-electron chi connectivity index (χ3n) is 2.86. The highest BCUT2D eigenvalue weighted by atomic mass is 35.5. The van der Waals surface area contributed by atoms with Crippen molar-refractivity contribution in [3.63, 3.8) is 0 Å². The van der Waals surface area contributed by atoms with E-state index in [1.54, 1.807) is 14.0 Å². The monoisotopic (exact) mass is 284 g/mol. The Morgan fingerprint density at radius 3 is 2.68 bits per heavy atom. The van der Waals surface area contributed by atoms with Crippen LogP contribution in [0.5, 0.6) is 0 Å². The lowest BCUT2D eigenvalue weighted by molar-refractivity contribution is 0.0988. The maximum absolute atomic E-state index is 13.5. The number of aryl methyl sites for hydroxylation is 2. The highest BCUT2D eigenvalue weighted by molar-refractivity contribution is 6.30. The minimum Gasteiger partial charge on any atom is -0.294 e. The molecule has 0 unspecified atom stereocenters. The van der Waals surface area contributed by atoms with Crippen LogP contribution in [0.1, 0.15) is 21.6 Å². The molecule has 0 saturated heterocycles. The Hall–Kier alpha value is -1.75. The molecule has 100 valence electrons. The number of carbonyl (C=O) groups is 1. The molecule has 0 aliphatic rings. The molecule has 2 aromatic rings. The zero-order chi connectivity index (χ0) is 14.2. The van der Waals surface area contributed by atoms with Gasteiger partial charge in [-0.3, -0.25) is 9.48 Å². The topological polar surface area (TPSA) is 34.9 Å². The number of Topliss-reactive ketones (excluding diaryl/α,β-unsaturated/α-hetero) is 1. The summed E-state index contributed by atoms with van der Waals surface area (Å²) in [4.78, 5) is 12.0. The summed E-state index contributed by atoms with van der Waals surface area (Å²) >= 11 is 6.00. The van der Waals surface area contributed by atoms with Gasteiger partial charge in [-0.25, -0.2) is 8.78 Å². The highest BCUT2D eigenvalue weighted by Crippen LogP contribution is 2.22. The third kappa shape index (κ3) is 2.51. The third-order valence-corrected chi connectivity index (χ3v) is 3.33. The minimum absolute atomic E-state index is 0.112. The molecule has 1 aromatic carbocycles. The van der Waals surface area contributed by atoms with Crippen molar-refractivity contribution in [1.29, 1.82) is 0 Å². The van der Waals surface area contributed by atoms with Crippen LogP contribution < -0.4 is 0 Å². The van der Waals surface area contributed by atoms with E-state index in [0.717, 1.165) is 6.07 Å². The predicted molar refractivity (Wildman–Crippen MR) is 67.3 cm³/mol. The molecule has 2 rings (SSSR count). The van der Waals surface area contributed by atoms with Crippen LogP contribution in [-0.2, 0) is 13.5 Å². The molecule has 0 saturated carbocycles. The number of hydrogen-bond acceptors (Lipinski definition) is 2. The summed E-state index contributed by atoms with van der Waals surface area (Å²) in [5, 5.41) is 4.38. The molecule has 1 aromatic heterocycles. The maximum Gasteiger partial charge on any atom is 0.170 e. The van der Waals surface area contributed by atoms with Gasteiger partial charge in [0.15, 0.2) is 17.4 Å². The van der Waals surface area contributed by atoms with Gasteiger partial charge >= 0.3 is 0 Å². The van der Waals surface area contributed by atoms with Crippen LogP contribution in [-0.4, -0.2) is 15.6 Å². The van der Waals surface area contributed by atoms with Gasteiger partial charge in [0.25, 0.3) is 0 Å². The summed E-state index contributed by atoms with van der Waals surface area (Å²) < 4.78 is 28.0. The summed E-state index contributed by atoms with van der Waals surface area (Å²) in [7, 11) is 1.64. The van der Waals surface area contributed by atoms with Crippen molar-refractivity contribution in [2.45, 2.75) is 13.3 Å². The van der Waals surface area contributed by atoms with E-state index in [0.29, 0.717) is 16.4 Å². The molecule has 3 nitrogen and oxygen atoms in total. The number of aromatic nitrogens is 2. The minimum atomic E-state index is -1.13. The quantitative estimate of drug-likeness (QED) is 0.812. The zero-order valence-electron chi connectivity index (χ0n) is 10.4. The molecule has 19 heavy (non-hydrogen) atoms. The smallest absolute Gasteiger partial charge is 0.170 e. The SMILES string of the molecule is Cc1nn(C)c(Cl)c1CC(=O)c1cccc(F)c1F. The van der Waals surface area contributed by atoms with E-state index in [2.05, 4.69) is 5.10 Å². The largest absolute Gasteiger partial charge is 0.294 e. The van der Waals surface area contributed by atoms with E-state index in [4.69, 9.17) is 11.6 Å². The van der Waals surface area contributed by atoms with Crippen LogP contribution in [0.25, 0.3) is 0 Å². The van der Waals surface area contributed by atoms with Crippen molar-refractivity contribution in [1.82, 2.24) is 9.78 Å². The van der Waals surface area contributed by atoms with Crippen molar-refractivity contribution in [2.75, 3.05) is 0 Å². The van der Waals surface area contributed by atoms with Crippen LogP contribution in [0, 0.1) is 18.6 Å². The molecule has 0 N–H and O–H groups in total. The first-order valence-electron chi connectivity index (χ1n) is 5.57. The number of carbonyl (C=O) groups excluding carboxylic acids is 1. The van der Waals surface area contributed by atoms with Crippen molar-refractivity contribution < 1.29 is 13.6 Å². The maximum atomic E-state index is 13.5. The zero-order valence-corrected chi connectivity index (χ0v) is 11.1. The first-order chi connectivity index (χ1) is 8.91. The van der Waals surface area contributed by atoms with Gasteiger partial charge in [-0.2, -0.15) is 5.10 Å². The van der Waals surface area contributed by atoms with Crippen LogP contribution in [0.3, 0.4) is 0 Å². The van der Waals surface area contributed by atoms with Crippen molar-refractivity contribution in [2.24, 2.45) is 7.05 Å². The average Bonchev–Trinajstić information content (AvgIpc) is 2.59. The average molecular weight is 285 g/mol. The van der Waals surface area contributed by atoms with Crippen molar-refractivity contribution in [3.8, 4) is 0 Å². The molecular weight excluding hydrogens is 274 g/mol. The Morgan fingerprint density at radius 2 is 2.11 bits per heavy atom. The van der Waals surface area contributed by atoms with E-state index in [9.17, 15) is 13.6 Å². The predicted octanol–water partition coefficient (Wildman–Crippen LogP) is 3.09. The Morgan fingerprint density at radius 1 is 1.42 bits per heavy atom. The van der Waals surface area contributed by atoms with E-state index in [1.807, 2.05) is 0 Å². The molecule has 0 radical (unpaired) electrons. The molecule has 0 aliphatic heterocycles. The number of ketones is 1. The summed E-state index contributed by atoms with van der Waals surface area (Å²) in [6.45, 7) is 1.70.